The highest BCUT2D eigenvalue weighted by atomic mass is 16.1. The third kappa shape index (κ3) is 3.47. The Hall–Kier alpha value is -1.55. The molecule has 1 saturated heterocycles. The van der Waals surface area contributed by atoms with Crippen LogP contribution in [0.5, 0.6) is 0 Å². The van der Waals surface area contributed by atoms with Crippen LogP contribution in [0, 0.1) is 5.92 Å². The van der Waals surface area contributed by atoms with E-state index in [1.54, 1.807) is 0 Å². The number of hydrogen-bond acceptors (Lipinski definition) is 3. The molecule has 1 amide bonds. The minimum Gasteiger partial charge on any atom is -0.373 e. The summed E-state index contributed by atoms with van der Waals surface area (Å²) in [4.78, 5) is 13.9. The monoisotopic (exact) mass is 247 g/mol. The standard InChI is InChI=1S/C14H21N3O/c1-17(13-5-3-2-4-6-13)10-9-16-14(18)12-7-8-15-11-12/h2-6,12,15H,7-11H2,1H3,(H,16,18). The Morgan fingerprint density at radius 1 is 1.44 bits per heavy atom. The van der Waals surface area contributed by atoms with E-state index < -0.39 is 0 Å². The summed E-state index contributed by atoms with van der Waals surface area (Å²) in [6.45, 7) is 3.30. The van der Waals surface area contributed by atoms with Gasteiger partial charge in [0.25, 0.3) is 0 Å². The van der Waals surface area contributed by atoms with E-state index in [1.165, 1.54) is 5.69 Å². The topological polar surface area (TPSA) is 44.4 Å². The number of amides is 1. The summed E-state index contributed by atoms with van der Waals surface area (Å²) >= 11 is 0. The summed E-state index contributed by atoms with van der Waals surface area (Å²) in [5.41, 5.74) is 1.18. The highest BCUT2D eigenvalue weighted by Gasteiger charge is 2.21. The van der Waals surface area contributed by atoms with E-state index in [2.05, 4.69) is 27.7 Å². The summed E-state index contributed by atoms with van der Waals surface area (Å²) in [6, 6.07) is 10.2. The fraction of sp³-hybridized carbons (Fsp3) is 0.500. The lowest BCUT2D eigenvalue weighted by Gasteiger charge is -2.20. The first-order valence-electron chi connectivity index (χ1n) is 6.52. The molecule has 1 aliphatic heterocycles. The molecular formula is C14H21N3O. The molecule has 1 unspecified atom stereocenters. The van der Waals surface area contributed by atoms with Crippen LogP contribution in [-0.4, -0.2) is 39.1 Å². The van der Waals surface area contributed by atoms with Crippen LogP contribution in [-0.2, 0) is 4.79 Å². The van der Waals surface area contributed by atoms with Crippen molar-refractivity contribution in [3.8, 4) is 0 Å². The number of anilines is 1. The second-order valence-corrected chi connectivity index (χ2v) is 4.74. The molecule has 1 aromatic rings. The Kier molecular flexibility index (Phi) is 4.59. The lowest BCUT2D eigenvalue weighted by atomic mass is 10.1. The number of benzene rings is 1. The second-order valence-electron chi connectivity index (χ2n) is 4.74. The molecule has 0 bridgehead atoms. The zero-order chi connectivity index (χ0) is 12.8. The molecule has 0 spiro atoms. The largest absolute Gasteiger partial charge is 0.373 e. The van der Waals surface area contributed by atoms with Crippen LogP contribution < -0.4 is 15.5 Å². The van der Waals surface area contributed by atoms with Crippen LogP contribution in [0.4, 0.5) is 5.69 Å². The van der Waals surface area contributed by atoms with Crippen molar-refractivity contribution < 1.29 is 4.79 Å². The number of nitrogens with one attached hydrogen (secondary N) is 2. The van der Waals surface area contributed by atoms with Gasteiger partial charge in [-0.1, -0.05) is 18.2 Å². The summed E-state index contributed by atoms with van der Waals surface area (Å²) in [5.74, 6) is 0.341. The first-order valence-corrected chi connectivity index (χ1v) is 6.52. The van der Waals surface area contributed by atoms with Crippen molar-refractivity contribution in [1.82, 2.24) is 10.6 Å². The van der Waals surface area contributed by atoms with Crippen molar-refractivity contribution in [3.05, 3.63) is 30.3 Å². The first kappa shape index (κ1) is 12.9. The number of carbonyl (C=O) groups is 1. The van der Waals surface area contributed by atoms with E-state index in [9.17, 15) is 4.79 Å². The molecule has 0 aromatic heterocycles. The minimum absolute atomic E-state index is 0.159. The van der Waals surface area contributed by atoms with Gasteiger partial charge in [0.1, 0.15) is 0 Å². The second kappa shape index (κ2) is 6.40. The Morgan fingerprint density at radius 3 is 2.89 bits per heavy atom. The minimum atomic E-state index is 0.159. The van der Waals surface area contributed by atoms with Crippen molar-refractivity contribution in [2.45, 2.75) is 6.42 Å². The predicted octanol–water partition coefficient (Wildman–Crippen LogP) is 0.849. The van der Waals surface area contributed by atoms with Gasteiger partial charge >= 0.3 is 0 Å². The van der Waals surface area contributed by atoms with Crippen LogP contribution in [0.3, 0.4) is 0 Å². The Balaban J connectivity index is 1.70. The maximum absolute atomic E-state index is 11.8. The normalized spacial score (nSPS) is 18.6. The Morgan fingerprint density at radius 2 is 2.22 bits per heavy atom. The molecule has 1 heterocycles. The molecule has 0 saturated carbocycles. The Bertz CT molecular complexity index is 374. The summed E-state index contributed by atoms with van der Waals surface area (Å²) < 4.78 is 0. The molecule has 1 atom stereocenters. The first-order chi connectivity index (χ1) is 8.77. The van der Waals surface area contributed by atoms with E-state index in [1.807, 2.05) is 25.2 Å². The van der Waals surface area contributed by atoms with Gasteiger partial charge in [0.15, 0.2) is 0 Å². The molecule has 1 fully saturated rings. The van der Waals surface area contributed by atoms with Gasteiger partial charge < -0.3 is 15.5 Å². The van der Waals surface area contributed by atoms with E-state index in [0.29, 0.717) is 6.54 Å². The average Bonchev–Trinajstić information content (AvgIpc) is 2.93. The molecule has 1 aliphatic rings. The van der Waals surface area contributed by atoms with Crippen molar-refractivity contribution >= 4 is 11.6 Å². The summed E-state index contributed by atoms with van der Waals surface area (Å²) in [7, 11) is 2.04. The van der Waals surface area contributed by atoms with Gasteiger partial charge in [-0.15, -0.1) is 0 Å². The molecule has 0 radical (unpaired) electrons. The maximum atomic E-state index is 11.8. The highest BCUT2D eigenvalue weighted by Crippen LogP contribution is 2.10. The number of hydrogen-bond donors (Lipinski definition) is 2. The van der Waals surface area contributed by atoms with Gasteiger partial charge in [-0.05, 0) is 25.1 Å². The number of carbonyl (C=O) groups excluding carboxylic acids is 1. The molecule has 4 nitrogen and oxygen atoms in total. The van der Waals surface area contributed by atoms with Crippen molar-refractivity contribution in [2.75, 3.05) is 38.1 Å². The van der Waals surface area contributed by atoms with Gasteiger partial charge in [-0.3, -0.25) is 4.79 Å². The van der Waals surface area contributed by atoms with Crippen molar-refractivity contribution in [1.29, 1.82) is 0 Å². The molecule has 1 aromatic carbocycles. The van der Waals surface area contributed by atoms with Crippen LogP contribution in [0.2, 0.25) is 0 Å². The molecule has 0 aliphatic carbocycles. The Labute approximate surface area is 108 Å². The quantitative estimate of drug-likeness (QED) is 0.811. The van der Waals surface area contributed by atoms with Gasteiger partial charge in [0.05, 0.1) is 5.92 Å². The van der Waals surface area contributed by atoms with Gasteiger partial charge in [0.2, 0.25) is 5.91 Å². The van der Waals surface area contributed by atoms with Gasteiger partial charge in [-0.2, -0.15) is 0 Å². The van der Waals surface area contributed by atoms with Crippen molar-refractivity contribution in [3.63, 3.8) is 0 Å². The van der Waals surface area contributed by atoms with Crippen LogP contribution in [0.15, 0.2) is 30.3 Å². The van der Waals surface area contributed by atoms with E-state index in [0.717, 1.165) is 26.1 Å². The zero-order valence-corrected chi connectivity index (χ0v) is 10.9. The lowest BCUT2D eigenvalue weighted by molar-refractivity contribution is -0.124. The third-order valence-corrected chi connectivity index (χ3v) is 3.37. The van der Waals surface area contributed by atoms with Gasteiger partial charge in [0, 0.05) is 32.4 Å². The fourth-order valence-corrected chi connectivity index (χ4v) is 2.18. The molecule has 18 heavy (non-hydrogen) atoms. The smallest absolute Gasteiger partial charge is 0.224 e. The van der Waals surface area contributed by atoms with Crippen LogP contribution in [0.1, 0.15) is 6.42 Å². The molecular weight excluding hydrogens is 226 g/mol. The maximum Gasteiger partial charge on any atom is 0.224 e. The number of para-hydroxylation sites is 1. The zero-order valence-electron chi connectivity index (χ0n) is 10.9. The summed E-state index contributed by atoms with van der Waals surface area (Å²) in [6.07, 6.45) is 0.959. The lowest BCUT2D eigenvalue weighted by Crippen LogP contribution is -2.37. The number of rotatable bonds is 5. The van der Waals surface area contributed by atoms with Crippen molar-refractivity contribution in [2.24, 2.45) is 5.92 Å². The SMILES string of the molecule is CN(CCNC(=O)C1CCNC1)c1ccccc1. The molecule has 98 valence electrons. The highest BCUT2D eigenvalue weighted by molar-refractivity contribution is 5.79. The third-order valence-electron chi connectivity index (χ3n) is 3.37. The van der Waals surface area contributed by atoms with Crippen LogP contribution in [0.25, 0.3) is 0 Å². The van der Waals surface area contributed by atoms with E-state index in [-0.39, 0.29) is 11.8 Å². The molecule has 2 N–H and O–H groups in total. The van der Waals surface area contributed by atoms with E-state index >= 15 is 0 Å². The van der Waals surface area contributed by atoms with Crippen LogP contribution >= 0.6 is 0 Å². The average molecular weight is 247 g/mol. The fourth-order valence-electron chi connectivity index (χ4n) is 2.18. The molecule has 2 rings (SSSR count). The summed E-state index contributed by atoms with van der Waals surface area (Å²) in [5, 5.41) is 6.21. The van der Waals surface area contributed by atoms with Gasteiger partial charge in [-0.25, -0.2) is 0 Å². The van der Waals surface area contributed by atoms with E-state index in [4.69, 9.17) is 0 Å². The molecule has 4 heteroatoms. The number of nitrogens with zero attached hydrogens (tertiary/aromatic N) is 1. The predicted molar refractivity (Wildman–Crippen MR) is 73.7 cm³/mol. The number of likely N-dealkylation sites (N-methyl/N-ethyl adjacent to an activating group) is 1.